The Kier molecular flexibility index (Phi) is 6.10. The van der Waals surface area contributed by atoms with E-state index in [2.05, 4.69) is 5.32 Å². The molecule has 36 heavy (non-hydrogen) atoms. The van der Waals surface area contributed by atoms with Gasteiger partial charge in [-0.2, -0.15) is 0 Å². The van der Waals surface area contributed by atoms with Gasteiger partial charge >= 0.3 is 5.13 Å². The van der Waals surface area contributed by atoms with E-state index in [9.17, 15) is 14.3 Å². The second kappa shape index (κ2) is 9.24. The molecule has 0 aliphatic carbocycles. The second-order valence-electron chi connectivity index (χ2n) is 9.04. The molecule has 182 valence electrons. The number of fused-ring (bicyclic) bond motifs is 1. The lowest BCUT2D eigenvalue weighted by molar-refractivity contribution is -0.728. The van der Waals surface area contributed by atoms with Gasteiger partial charge in [0.1, 0.15) is 17.1 Å². The summed E-state index contributed by atoms with van der Waals surface area (Å²) in [5.41, 5.74) is 5.41. The molecule has 4 aromatic rings. The van der Waals surface area contributed by atoms with Gasteiger partial charge in [0.2, 0.25) is 0 Å². The van der Waals surface area contributed by atoms with Crippen LogP contribution in [0.2, 0.25) is 0 Å². The predicted molar refractivity (Wildman–Crippen MR) is 140 cm³/mol. The Bertz CT molecular complexity index is 1490. The molecule has 0 saturated carbocycles. The first-order valence-electron chi connectivity index (χ1n) is 11.7. The van der Waals surface area contributed by atoms with Crippen LogP contribution in [0.15, 0.2) is 84.1 Å². The van der Waals surface area contributed by atoms with Crippen LogP contribution in [0, 0.1) is 19.7 Å². The van der Waals surface area contributed by atoms with Crippen molar-refractivity contribution in [1.29, 1.82) is 0 Å². The summed E-state index contributed by atoms with van der Waals surface area (Å²) >= 11 is 1.39. The van der Waals surface area contributed by atoms with E-state index in [1.807, 2.05) is 81.2 Å². The van der Waals surface area contributed by atoms with E-state index >= 15 is 0 Å². The standard InChI is InChI=1S/C29H26FN3O2S/c1-17-10-15-23(18(2)16-17)31-27(34)24-19(3)32(4)29-33(25(24)20-11-13-22(30)14-12-20)28(35)26(36-29)21-8-6-5-7-9-21/h5-16,25H,1-4H3,(H-,31,34,35). The van der Waals surface area contributed by atoms with E-state index in [1.165, 1.54) is 23.5 Å². The second-order valence-corrected chi connectivity index (χ2v) is 10.0. The third-order valence-electron chi connectivity index (χ3n) is 6.62. The number of halogens is 1. The van der Waals surface area contributed by atoms with Crippen molar-refractivity contribution in [2.75, 3.05) is 17.3 Å². The molecule has 5 nitrogen and oxygen atoms in total. The Morgan fingerprint density at radius 3 is 2.39 bits per heavy atom. The molecule has 1 amide bonds. The maximum absolute atomic E-state index is 13.9. The van der Waals surface area contributed by atoms with E-state index in [0.29, 0.717) is 26.8 Å². The van der Waals surface area contributed by atoms with Gasteiger partial charge in [-0.15, -0.1) is 0 Å². The number of nitrogens with one attached hydrogen (secondary N) is 1. The first kappa shape index (κ1) is 23.8. The first-order chi connectivity index (χ1) is 17.3. The Morgan fingerprint density at radius 1 is 1.03 bits per heavy atom. The SMILES string of the molecule is CC1=C(C(=O)Nc2ccc(C)cc2C)C(c2ccc(F)cc2)[n+]2c(sc(-c3ccccc3)c2[O-])N1C. The summed E-state index contributed by atoms with van der Waals surface area (Å²) in [5.74, 6) is -0.867. The Labute approximate surface area is 213 Å². The van der Waals surface area contributed by atoms with Crippen LogP contribution < -0.4 is 19.9 Å². The summed E-state index contributed by atoms with van der Waals surface area (Å²) in [7, 11) is 1.86. The number of allylic oxidation sites excluding steroid dienone is 1. The third kappa shape index (κ3) is 4.05. The molecule has 0 radical (unpaired) electrons. The quantitative estimate of drug-likeness (QED) is 0.378. The van der Waals surface area contributed by atoms with Crippen molar-refractivity contribution in [3.63, 3.8) is 0 Å². The molecular weight excluding hydrogens is 473 g/mol. The molecule has 1 atom stereocenters. The van der Waals surface area contributed by atoms with Crippen LogP contribution in [0.3, 0.4) is 0 Å². The van der Waals surface area contributed by atoms with E-state index in [4.69, 9.17) is 0 Å². The summed E-state index contributed by atoms with van der Waals surface area (Å²) in [6, 6.07) is 20.6. The molecule has 2 heterocycles. The molecule has 1 aliphatic heterocycles. The number of rotatable bonds is 4. The number of amides is 1. The molecule has 0 bridgehead atoms. The fraction of sp³-hybridized carbons (Fsp3) is 0.172. The topological polar surface area (TPSA) is 59.3 Å². The highest BCUT2D eigenvalue weighted by molar-refractivity contribution is 7.18. The Hall–Kier alpha value is -3.97. The zero-order valence-corrected chi connectivity index (χ0v) is 21.3. The molecule has 1 aliphatic rings. The summed E-state index contributed by atoms with van der Waals surface area (Å²) < 4.78 is 15.5. The molecule has 1 N–H and O–H groups in total. The van der Waals surface area contributed by atoms with Crippen molar-refractivity contribution in [2.24, 2.45) is 0 Å². The molecule has 0 saturated heterocycles. The summed E-state index contributed by atoms with van der Waals surface area (Å²) in [6.45, 7) is 5.83. The summed E-state index contributed by atoms with van der Waals surface area (Å²) in [5, 5.41) is 17.6. The molecule has 1 unspecified atom stereocenters. The van der Waals surface area contributed by atoms with Gasteiger partial charge in [-0.3, -0.25) is 4.79 Å². The number of aryl methyl sites for hydroxylation is 2. The smallest absolute Gasteiger partial charge is 0.341 e. The maximum Gasteiger partial charge on any atom is 0.341 e. The number of hydrogen-bond acceptors (Lipinski definition) is 4. The van der Waals surface area contributed by atoms with Crippen molar-refractivity contribution < 1.29 is 18.9 Å². The van der Waals surface area contributed by atoms with Gasteiger partial charge in [0.15, 0.2) is 6.04 Å². The minimum absolute atomic E-state index is 0.188. The normalized spacial score (nSPS) is 15.1. The summed E-state index contributed by atoms with van der Waals surface area (Å²) in [6.07, 6.45) is 0. The van der Waals surface area contributed by atoms with Crippen LogP contribution in [-0.2, 0) is 4.79 Å². The molecule has 0 fully saturated rings. The van der Waals surface area contributed by atoms with E-state index < -0.39 is 6.04 Å². The Morgan fingerprint density at radius 2 is 1.72 bits per heavy atom. The predicted octanol–water partition coefficient (Wildman–Crippen LogP) is 5.48. The molecule has 5 rings (SSSR count). The zero-order valence-electron chi connectivity index (χ0n) is 20.5. The van der Waals surface area contributed by atoms with Crippen LogP contribution in [0.25, 0.3) is 10.4 Å². The maximum atomic E-state index is 13.9. The number of carbonyl (C=O) groups excluding carboxylic acids is 1. The third-order valence-corrected chi connectivity index (χ3v) is 7.89. The Balaban J connectivity index is 1.68. The van der Waals surface area contributed by atoms with Crippen LogP contribution in [0.1, 0.15) is 29.7 Å². The molecular formula is C29H26FN3O2S. The molecule has 7 heteroatoms. The number of thiazole rings is 1. The number of anilines is 2. The highest BCUT2D eigenvalue weighted by Crippen LogP contribution is 2.43. The van der Waals surface area contributed by atoms with Crippen molar-refractivity contribution >= 4 is 28.1 Å². The average molecular weight is 500 g/mol. The first-order valence-corrected chi connectivity index (χ1v) is 12.5. The summed E-state index contributed by atoms with van der Waals surface area (Å²) in [4.78, 5) is 16.3. The van der Waals surface area contributed by atoms with Gasteiger partial charge in [0.25, 0.3) is 5.91 Å². The minimum atomic E-state index is -0.705. The molecule has 0 spiro atoms. The lowest BCUT2D eigenvalue weighted by Gasteiger charge is -2.30. The number of nitrogens with zero attached hydrogens (tertiary/aromatic N) is 2. The van der Waals surface area contributed by atoms with Gasteiger partial charge in [0.05, 0.1) is 17.8 Å². The van der Waals surface area contributed by atoms with Crippen molar-refractivity contribution in [3.05, 3.63) is 107 Å². The number of carbonyl (C=O) groups is 1. The van der Waals surface area contributed by atoms with Gasteiger partial charge in [-0.1, -0.05) is 60.2 Å². The lowest BCUT2D eigenvalue weighted by atomic mass is 9.94. The largest absolute Gasteiger partial charge is 0.841 e. The van der Waals surface area contributed by atoms with Crippen LogP contribution in [0.4, 0.5) is 15.2 Å². The monoisotopic (exact) mass is 499 g/mol. The highest BCUT2D eigenvalue weighted by atomic mass is 32.1. The molecule has 3 aromatic carbocycles. The van der Waals surface area contributed by atoms with Gasteiger partial charge in [-0.25, -0.2) is 13.9 Å². The van der Waals surface area contributed by atoms with Crippen molar-refractivity contribution in [3.8, 4) is 16.3 Å². The van der Waals surface area contributed by atoms with Crippen molar-refractivity contribution in [1.82, 2.24) is 0 Å². The fourth-order valence-electron chi connectivity index (χ4n) is 4.65. The lowest BCUT2D eigenvalue weighted by Crippen LogP contribution is -2.52. The van der Waals surface area contributed by atoms with Gasteiger partial charge in [0, 0.05) is 11.3 Å². The van der Waals surface area contributed by atoms with Gasteiger partial charge < -0.3 is 10.4 Å². The van der Waals surface area contributed by atoms with Crippen LogP contribution in [0.5, 0.6) is 5.88 Å². The fourth-order valence-corrected chi connectivity index (χ4v) is 5.84. The van der Waals surface area contributed by atoms with E-state index in [-0.39, 0.29) is 17.6 Å². The van der Waals surface area contributed by atoms with Crippen LogP contribution in [-0.4, -0.2) is 13.0 Å². The number of hydrogen-bond donors (Lipinski definition) is 1. The minimum Gasteiger partial charge on any atom is -0.841 e. The van der Waals surface area contributed by atoms with Gasteiger partial charge in [-0.05, 0) is 61.4 Å². The number of benzene rings is 3. The zero-order chi connectivity index (χ0) is 25.6. The van der Waals surface area contributed by atoms with Crippen molar-refractivity contribution in [2.45, 2.75) is 26.8 Å². The highest BCUT2D eigenvalue weighted by Gasteiger charge is 2.43. The number of aromatic nitrogens is 1. The molecule has 1 aromatic heterocycles. The average Bonchev–Trinajstić information content (AvgIpc) is 3.21. The van der Waals surface area contributed by atoms with E-state index in [1.54, 1.807) is 16.7 Å². The van der Waals surface area contributed by atoms with E-state index in [0.717, 1.165) is 22.4 Å². The van der Waals surface area contributed by atoms with Crippen LogP contribution >= 0.6 is 11.3 Å².